The Kier molecular flexibility index (Phi) is 4.92. The van der Waals surface area contributed by atoms with Crippen LogP contribution in [0.4, 0.5) is 0 Å². The number of rotatable bonds is 3. The van der Waals surface area contributed by atoms with Gasteiger partial charge >= 0.3 is 0 Å². The number of hydrogen-bond acceptors (Lipinski definition) is 3. The summed E-state index contributed by atoms with van der Waals surface area (Å²) < 4.78 is 0. The lowest BCUT2D eigenvalue weighted by Crippen LogP contribution is -2.07. The Bertz CT molecular complexity index is 54.1. The largest absolute Gasteiger partial charge is 0.329 e. The summed E-state index contributed by atoms with van der Waals surface area (Å²) in [6.45, 7) is 1.06. The van der Waals surface area contributed by atoms with Gasteiger partial charge in [-0.15, -0.1) is 0 Å². The van der Waals surface area contributed by atoms with E-state index in [1.807, 2.05) is 0 Å². The number of nitrogens with two attached hydrogens (primary N) is 1. The zero-order valence-electron chi connectivity index (χ0n) is 3.96. The minimum Gasteiger partial charge on any atom is -0.329 e. The molecule has 0 heterocycles. The molecule has 0 spiro atoms. The molecule has 0 radical (unpaired) electrons. The average molecular weight is 103 g/mol. The number of nitrogens with one attached hydrogen (secondary N) is 1. The molecule has 4 heteroatoms. The first-order valence-corrected chi connectivity index (χ1v) is 1.99. The van der Waals surface area contributed by atoms with E-state index in [1.54, 1.807) is 5.48 Å². The first-order valence-electron chi connectivity index (χ1n) is 1.99. The molecule has 0 bridgehead atoms. The Labute approximate surface area is 42.0 Å². The highest BCUT2D eigenvalue weighted by Gasteiger charge is 1.67. The van der Waals surface area contributed by atoms with Gasteiger partial charge in [-0.05, 0) is 0 Å². The Morgan fingerprint density at radius 2 is 2.57 bits per heavy atom. The van der Waals surface area contributed by atoms with E-state index < -0.39 is 0 Å². The summed E-state index contributed by atoms with van der Waals surface area (Å²) in [6, 6.07) is 0. The Balaban J connectivity index is 2.78. The SMILES string of the molecule is NCCN=CNO. The minimum atomic E-state index is 0.512. The quantitative estimate of drug-likeness (QED) is 0.242. The van der Waals surface area contributed by atoms with E-state index in [0.29, 0.717) is 13.1 Å². The van der Waals surface area contributed by atoms with E-state index >= 15 is 0 Å². The second-order valence-corrected chi connectivity index (χ2v) is 0.953. The van der Waals surface area contributed by atoms with E-state index in [1.165, 1.54) is 6.34 Å². The van der Waals surface area contributed by atoms with Crippen molar-refractivity contribution in [3.63, 3.8) is 0 Å². The van der Waals surface area contributed by atoms with Crippen LogP contribution in [0.5, 0.6) is 0 Å². The average Bonchev–Trinajstić information content (AvgIpc) is 1.69. The zero-order valence-corrected chi connectivity index (χ0v) is 3.96. The molecular formula is C3H9N3O. The van der Waals surface area contributed by atoms with Crippen LogP contribution in [0.25, 0.3) is 0 Å². The van der Waals surface area contributed by atoms with Gasteiger partial charge in [-0.3, -0.25) is 15.7 Å². The second kappa shape index (κ2) is 5.39. The van der Waals surface area contributed by atoms with Crippen LogP contribution in [0.2, 0.25) is 0 Å². The molecule has 0 aliphatic carbocycles. The highest BCUT2D eigenvalue weighted by Crippen LogP contribution is 1.56. The third-order valence-electron chi connectivity index (χ3n) is 0.407. The first-order chi connectivity index (χ1) is 3.41. The van der Waals surface area contributed by atoms with Crippen LogP contribution in [-0.2, 0) is 0 Å². The Morgan fingerprint density at radius 3 is 3.00 bits per heavy atom. The summed E-state index contributed by atoms with van der Waals surface area (Å²) in [6.07, 6.45) is 1.19. The number of hydrogen-bond donors (Lipinski definition) is 3. The number of aliphatic imine (C=N–C) groups is 1. The van der Waals surface area contributed by atoms with Crippen LogP contribution < -0.4 is 11.2 Å². The van der Waals surface area contributed by atoms with Crippen LogP contribution in [0.1, 0.15) is 0 Å². The van der Waals surface area contributed by atoms with Gasteiger partial charge in [-0.2, -0.15) is 0 Å². The molecule has 4 nitrogen and oxygen atoms in total. The van der Waals surface area contributed by atoms with Gasteiger partial charge in [0.05, 0.1) is 6.54 Å². The Hall–Kier alpha value is -0.610. The molecule has 0 aliphatic heterocycles. The summed E-state index contributed by atoms with van der Waals surface area (Å²) in [5.41, 5.74) is 6.80. The van der Waals surface area contributed by atoms with Crippen LogP contribution in [0, 0.1) is 0 Å². The summed E-state index contributed by atoms with van der Waals surface area (Å²) in [5, 5.41) is 7.85. The van der Waals surface area contributed by atoms with Crippen molar-refractivity contribution in [1.82, 2.24) is 5.48 Å². The maximum Gasteiger partial charge on any atom is 0.107 e. The molecular weight excluding hydrogens is 94.1 g/mol. The molecule has 0 aromatic carbocycles. The molecule has 42 valence electrons. The fourth-order valence-corrected chi connectivity index (χ4v) is 0.180. The van der Waals surface area contributed by atoms with Crippen molar-refractivity contribution >= 4 is 6.34 Å². The normalized spacial score (nSPS) is 10.0. The number of hydroxylamine groups is 1. The lowest BCUT2D eigenvalue weighted by Gasteiger charge is -1.83. The van der Waals surface area contributed by atoms with Gasteiger partial charge in [-0.1, -0.05) is 0 Å². The molecule has 0 saturated heterocycles. The molecule has 0 atom stereocenters. The van der Waals surface area contributed by atoms with Crippen molar-refractivity contribution in [3.05, 3.63) is 0 Å². The van der Waals surface area contributed by atoms with Crippen LogP contribution in [0.15, 0.2) is 4.99 Å². The third kappa shape index (κ3) is 5.39. The van der Waals surface area contributed by atoms with Gasteiger partial charge in [0.15, 0.2) is 0 Å². The van der Waals surface area contributed by atoms with Gasteiger partial charge in [0, 0.05) is 6.54 Å². The Morgan fingerprint density at radius 1 is 1.86 bits per heavy atom. The molecule has 0 aliphatic rings. The van der Waals surface area contributed by atoms with Crippen LogP contribution in [0.3, 0.4) is 0 Å². The smallest absolute Gasteiger partial charge is 0.107 e. The summed E-state index contributed by atoms with van der Waals surface area (Å²) >= 11 is 0. The molecule has 7 heavy (non-hydrogen) atoms. The summed E-state index contributed by atoms with van der Waals surface area (Å²) in [7, 11) is 0. The predicted octanol–water partition coefficient (Wildman–Crippen LogP) is -1.05. The van der Waals surface area contributed by atoms with E-state index in [4.69, 9.17) is 10.9 Å². The lowest BCUT2D eigenvalue weighted by atomic mass is 10.7. The third-order valence-corrected chi connectivity index (χ3v) is 0.407. The van der Waals surface area contributed by atoms with E-state index in [9.17, 15) is 0 Å². The van der Waals surface area contributed by atoms with Crippen molar-refractivity contribution < 1.29 is 5.21 Å². The molecule has 0 amide bonds. The topological polar surface area (TPSA) is 70.6 Å². The molecule has 0 unspecified atom stereocenters. The minimum absolute atomic E-state index is 0.512. The van der Waals surface area contributed by atoms with Crippen molar-refractivity contribution in [3.8, 4) is 0 Å². The van der Waals surface area contributed by atoms with Crippen LogP contribution in [-0.4, -0.2) is 24.6 Å². The van der Waals surface area contributed by atoms with E-state index in [2.05, 4.69) is 4.99 Å². The zero-order chi connectivity index (χ0) is 5.54. The van der Waals surface area contributed by atoms with Crippen molar-refractivity contribution in [2.75, 3.05) is 13.1 Å². The maximum atomic E-state index is 7.85. The molecule has 4 N–H and O–H groups in total. The van der Waals surface area contributed by atoms with Gasteiger partial charge < -0.3 is 5.73 Å². The summed E-state index contributed by atoms with van der Waals surface area (Å²) in [5.74, 6) is 0. The maximum absolute atomic E-state index is 7.85. The first kappa shape index (κ1) is 6.39. The van der Waals surface area contributed by atoms with Gasteiger partial charge in [0.25, 0.3) is 0 Å². The van der Waals surface area contributed by atoms with E-state index in [0.717, 1.165) is 0 Å². The molecule has 0 rings (SSSR count). The standard InChI is InChI=1S/C3H9N3O/c4-1-2-5-3-6-7/h3,7H,1-2,4H2,(H,5,6). The lowest BCUT2D eigenvalue weighted by molar-refractivity contribution is 0.239. The second-order valence-electron chi connectivity index (χ2n) is 0.953. The van der Waals surface area contributed by atoms with Gasteiger partial charge in [0.1, 0.15) is 6.34 Å². The fraction of sp³-hybridized carbons (Fsp3) is 0.667. The van der Waals surface area contributed by atoms with Gasteiger partial charge in [-0.25, -0.2) is 0 Å². The molecule has 0 aromatic heterocycles. The van der Waals surface area contributed by atoms with Crippen molar-refractivity contribution in [2.24, 2.45) is 10.7 Å². The molecule has 0 saturated carbocycles. The molecule has 0 fully saturated rings. The fourth-order valence-electron chi connectivity index (χ4n) is 0.180. The number of nitrogens with zero attached hydrogens (tertiary/aromatic N) is 1. The summed E-state index contributed by atoms with van der Waals surface area (Å²) in [4.78, 5) is 3.60. The molecule has 0 aromatic rings. The highest BCUT2D eigenvalue weighted by atomic mass is 16.5. The van der Waals surface area contributed by atoms with Crippen molar-refractivity contribution in [2.45, 2.75) is 0 Å². The predicted molar refractivity (Wildman–Crippen MR) is 27.3 cm³/mol. The van der Waals surface area contributed by atoms with Crippen LogP contribution >= 0.6 is 0 Å². The van der Waals surface area contributed by atoms with E-state index in [-0.39, 0.29) is 0 Å². The highest BCUT2D eigenvalue weighted by molar-refractivity contribution is 5.52. The van der Waals surface area contributed by atoms with Crippen molar-refractivity contribution in [1.29, 1.82) is 0 Å². The van der Waals surface area contributed by atoms with Gasteiger partial charge in [0.2, 0.25) is 0 Å². The monoisotopic (exact) mass is 103 g/mol.